The van der Waals surface area contributed by atoms with Crippen LogP contribution in [0.25, 0.3) is 22.0 Å². The molecule has 10 nitrogen and oxygen atoms in total. The molecule has 0 saturated carbocycles. The van der Waals surface area contributed by atoms with Crippen molar-refractivity contribution in [2.75, 3.05) is 26.4 Å². The van der Waals surface area contributed by atoms with E-state index in [1.165, 1.54) is 16.8 Å². The highest BCUT2D eigenvalue weighted by Crippen LogP contribution is 2.28. The van der Waals surface area contributed by atoms with Gasteiger partial charge in [-0.2, -0.15) is 5.10 Å². The van der Waals surface area contributed by atoms with Crippen molar-refractivity contribution in [1.82, 2.24) is 25.0 Å². The minimum Gasteiger partial charge on any atom is -0.480 e. The van der Waals surface area contributed by atoms with Crippen LogP contribution in [0.1, 0.15) is 21.6 Å². The van der Waals surface area contributed by atoms with Crippen LogP contribution < -0.4 is 16.6 Å². The van der Waals surface area contributed by atoms with Gasteiger partial charge >= 0.3 is 5.97 Å². The molecule has 0 aliphatic carbocycles. The number of aryl methyl sites for hydroxylation is 1. The molecule has 0 bridgehead atoms. The number of carbonyl (C=O) groups is 2. The molecule has 0 aliphatic rings. The van der Waals surface area contributed by atoms with Gasteiger partial charge in [-0.3, -0.25) is 14.6 Å². The second kappa shape index (κ2) is 11.4. The molecule has 0 unspecified atom stereocenters. The Bertz CT molecular complexity index is 1600. The van der Waals surface area contributed by atoms with Crippen LogP contribution in [0.2, 0.25) is 0 Å². The van der Waals surface area contributed by atoms with Crippen molar-refractivity contribution in [1.29, 1.82) is 0 Å². The van der Waals surface area contributed by atoms with Gasteiger partial charge in [0.2, 0.25) is 0 Å². The molecule has 0 aliphatic heterocycles. The number of carboxylic acids is 1. The number of nitrogens with two attached hydrogens (primary N) is 1. The number of hydrogen-bond donors (Lipinski definition) is 3. The van der Waals surface area contributed by atoms with Crippen molar-refractivity contribution in [2.45, 2.75) is 18.9 Å². The highest BCUT2D eigenvalue weighted by molar-refractivity contribution is 6.01. The molecule has 39 heavy (non-hydrogen) atoms. The Balaban J connectivity index is 1.72. The van der Waals surface area contributed by atoms with Crippen LogP contribution in [0.4, 0.5) is 10.1 Å². The summed E-state index contributed by atoms with van der Waals surface area (Å²) in [6, 6.07) is 11.2. The topological polar surface area (TPSA) is 143 Å². The number of aliphatic carboxylic acids is 1. The molecule has 202 valence electrons. The fourth-order valence-corrected chi connectivity index (χ4v) is 4.40. The number of aromatic nitrogens is 3. The van der Waals surface area contributed by atoms with Gasteiger partial charge in [-0.15, -0.1) is 0 Å². The van der Waals surface area contributed by atoms with Crippen LogP contribution in [0.15, 0.2) is 59.5 Å². The maximum atomic E-state index is 14.2. The van der Waals surface area contributed by atoms with Crippen molar-refractivity contribution in [3.05, 3.63) is 87.7 Å². The van der Waals surface area contributed by atoms with E-state index in [0.717, 1.165) is 18.3 Å². The largest absolute Gasteiger partial charge is 0.480 e. The molecule has 1 amide bonds. The molecule has 2 aromatic heterocycles. The summed E-state index contributed by atoms with van der Waals surface area (Å²) in [6.45, 7) is 0.749. The molecule has 4 N–H and O–H groups in total. The molecule has 4 aromatic rings. The van der Waals surface area contributed by atoms with Gasteiger partial charge in [-0.25, -0.2) is 13.9 Å². The minimum atomic E-state index is -1.37. The summed E-state index contributed by atoms with van der Waals surface area (Å²) >= 11 is 0. The van der Waals surface area contributed by atoms with Crippen LogP contribution in [0.3, 0.4) is 0 Å². The highest BCUT2D eigenvalue weighted by Gasteiger charge is 2.25. The lowest BCUT2D eigenvalue weighted by Gasteiger charge is -2.17. The van der Waals surface area contributed by atoms with Gasteiger partial charge < -0.3 is 21.1 Å². The number of fused-ring (bicyclic) bond motifs is 1. The fraction of sp³-hybridized carbons (Fsp3) is 0.250. The number of nitrogen functional groups attached to an aromatic ring is 1. The van der Waals surface area contributed by atoms with E-state index >= 15 is 0 Å². The second-order valence-electron chi connectivity index (χ2n) is 9.48. The maximum absolute atomic E-state index is 14.2. The lowest BCUT2D eigenvalue weighted by Crippen LogP contribution is -2.42. The maximum Gasteiger partial charge on any atom is 0.326 e. The Morgan fingerprint density at radius 2 is 1.90 bits per heavy atom. The highest BCUT2D eigenvalue weighted by atomic mass is 19.1. The molecule has 0 spiro atoms. The van der Waals surface area contributed by atoms with E-state index < -0.39 is 29.3 Å². The number of carbonyl (C=O) groups excluding carboxylic acids is 1. The lowest BCUT2D eigenvalue weighted by molar-refractivity contribution is -0.139. The lowest BCUT2D eigenvalue weighted by atomic mass is 9.96. The minimum absolute atomic E-state index is 0.0959. The van der Waals surface area contributed by atoms with E-state index in [9.17, 15) is 23.9 Å². The van der Waals surface area contributed by atoms with Crippen molar-refractivity contribution in [3.8, 4) is 11.3 Å². The van der Waals surface area contributed by atoms with Gasteiger partial charge in [0.1, 0.15) is 11.9 Å². The summed E-state index contributed by atoms with van der Waals surface area (Å²) in [4.78, 5) is 44.4. The zero-order valence-corrected chi connectivity index (χ0v) is 21.8. The number of nitrogens with one attached hydrogen (secondary N) is 1. The summed E-state index contributed by atoms with van der Waals surface area (Å²) in [7, 11) is 5.49. The third-order valence-corrected chi connectivity index (χ3v) is 6.38. The van der Waals surface area contributed by atoms with E-state index in [0.29, 0.717) is 34.0 Å². The number of likely N-dealkylation sites (N-methyl/N-ethyl adjacent to an activating group) is 1. The SMILES string of the molecule is CN(C)CCc1cc(-c2nccc3c(C[C@H](NC(=O)c4c(N)cccc4F)C(=O)O)cccc23)c(=O)n(C)n1. The first-order valence-corrected chi connectivity index (χ1v) is 12.2. The zero-order chi connectivity index (χ0) is 28.3. The summed E-state index contributed by atoms with van der Waals surface area (Å²) in [5, 5.41) is 17.9. The van der Waals surface area contributed by atoms with Crippen molar-refractivity contribution < 1.29 is 19.1 Å². The van der Waals surface area contributed by atoms with Crippen LogP contribution in [0, 0.1) is 5.82 Å². The molecule has 2 aromatic carbocycles. The Morgan fingerprint density at radius 3 is 2.59 bits per heavy atom. The Kier molecular flexibility index (Phi) is 8.01. The normalized spacial score (nSPS) is 12.0. The van der Waals surface area contributed by atoms with E-state index in [1.54, 1.807) is 43.6 Å². The van der Waals surface area contributed by atoms with Crippen molar-refractivity contribution in [2.24, 2.45) is 7.05 Å². The van der Waals surface area contributed by atoms with Gasteiger partial charge in [-0.1, -0.05) is 24.3 Å². The Labute approximate surface area is 223 Å². The number of nitrogens with zero attached hydrogens (tertiary/aromatic N) is 4. The van der Waals surface area contributed by atoms with E-state index in [2.05, 4.69) is 15.4 Å². The van der Waals surface area contributed by atoms with Crippen LogP contribution in [0.5, 0.6) is 0 Å². The zero-order valence-electron chi connectivity index (χ0n) is 21.8. The third kappa shape index (κ3) is 5.93. The van der Waals surface area contributed by atoms with Crippen LogP contribution in [-0.4, -0.2) is 63.3 Å². The second-order valence-corrected chi connectivity index (χ2v) is 9.48. The summed E-state index contributed by atoms with van der Waals surface area (Å²) in [5.74, 6) is -3.06. The van der Waals surface area contributed by atoms with Gasteiger partial charge in [0, 0.05) is 43.7 Å². The number of rotatable bonds is 9. The Hall–Kier alpha value is -4.64. The number of halogens is 1. The molecule has 1 atom stereocenters. The molecule has 11 heteroatoms. The molecule has 0 saturated heterocycles. The first kappa shape index (κ1) is 27.4. The average molecular weight is 533 g/mol. The van der Waals surface area contributed by atoms with Gasteiger partial charge in [0.25, 0.3) is 11.5 Å². The van der Waals surface area contributed by atoms with E-state index in [4.69, 9.17) is 5.73 Å². The summed E-state index contributed by atoms with van der Waals surface area (Å²) in [5.41, 5.74) is 7.09. The quantitative estimate of drug-likeness (QED) is 0.279. The third-order valence-electron chi connectivity index (χ3n) is 6.38. The van der Waals surface area contributed by atoms with E-state index in [-0.39, 0.29) is 17.7 Å². The van der Waals surface area contributed by atoms with Gasteiger partial charge in [0.05, 0.1) is 22.5 Å². The van der Waals surface area contributed by atoms with Gasteiger partial charge in [0.15, 0.2) is 0 Å². The first-order chi connectivity index (χ1) is 18.6. The number of benzene rings is 2. The van der Waals surface area contributed by atoms with Crippen LogP contribution >= 0.6 is 0 Å². The number of hydrogen-bond acceptors (Lipinski definition) is 7. The standard InChI is InChI=1S/C28H29FN6O4/c1-34(2)13-11-17-15-20(27(37)35(3)33-17)25-19-7-4-6-16(18(19)10-12-31-25)14-23(28(38)39)32-26(36)24-21(29)8-5-9-22(24)30/h4-10,12,15,23H,11,13-14,30H2,1-3H3,(H,32,36)(H,38,39)/t23-/m0/s1. The monoisotopic (exact) mass is 532 g/mol. The number of pyridine rings is 1. The summed E-state index contributed by atoms with van der Waals surface area (Å²) in [6.07, 6.45) is 2.09. The predicted molar refractivity (Wildman–Crippen MR) is 146 cm³/mol. The van der Waals surface area contributed by atoms with Crippen molar-refractivity contribution >= 4 is 28.3 Å². The molecular weight excluding hydrogens is 503 g/mol. The first-order valence-electron chi connectivity index (χ1n) is 12.2. The molecule has 4 rings (SSSR count). The fourth-order valence-electron chi connectivity index (χ4n) is 4.40. The molecule has 0 fully saturated rings. The Morgan fingerprint density at radius 1 is 1.15 bits per heavy atom. The number of amides is 1. The van der Waals surface area contributed by atoms with Crippen molar-refractivity contribution in [3.63, 3.8) is 0 Å². The average Bonchev–Trinajstić information content (AvgIpc) is 2.88. The van der Waals surface area contributed by atoms with Gasteiger partial charge in [-0.05, 0) is 49.3 Å². The number of carboxylic acid groups (broad SMARTS) is 1. The number of anilines is 1. The molecule has 0 radical (unpaired) electrons. The predicted octanol–water partition coefficient (Wildman–Crippen LogP) is 2.25. The molecule has 2 heterocycles. The smallest absolute Gasteiger partial charge is 0.326 e. The van der Waals surface area contributed by atoms with Crippen LogP contribution in [-0.2, 0) is 24.7 Å². The summed E-state index contributed by atoms with van der Waals surface area (Å²) < 4.78 is 15.5. The van der Waals surface area contributed by atoms with E-state index in [1.807, 2.05) is 19.0 Å². The molecular formula is C28H29FN6O4.